The largest absolute Gasteiger partial charge is 0.394 e. The molecular weight excluding hydrogens is 206 g/mol. The van der Waals surface area contributed by atoms with Crippen molar-refractivity contribution < 1.29 is 9.63 Å². The number of aromatic nitrogens is 2. The number of hydrogen-bond acceptors (Lipinski definition) is 5. The van der Waals surface area contributed by atoms with Crippen molar-refractivity contribution in [3.8, 4) is 0 Å². The highest BCUT2D eigenvalue weighted by atomic mass is 16.5. The zero-order valence-corrected chi connectivity index (χ0v) is 9.17. The van der Waals surface area contributed by atoms with Crippen LogP contribution >= 0.6 is 0 Å². The average Bonchev–Trinajstić information content (AvgIpc) is 3.02. The van der Waals surface area contributed by atoms with Gasteiger partial charge in [0.15, 0.2) is 5.82 Å². The zero-order chi connectivity index (χ0) is 11.1. The molecule has 2 aliphatic carbocycles. The van der Waals surface area contributed by atoms with Gasteiger partial charge >= 0.3 is 0 Å². The second kappa shape index (κ2) is 3.82. The number of fused-ring (bicyclic) bond motifs is 2. The Morgan fingerprint density at radius 2 is 2.31 bits per heavy atom. The Morgan fingerprint density at radius 3 is 2.94 bits per heavy atom. The van der Waals surface area contributed by atoms with Crippen LogP contribution in [0.3, 0.4) is 0 Å². The highest BCUT2D eigenvalue weighted by Crippen LogP contribution is 2.52. The zero-order valence-electron chi connectivity index (χ0n) is 9.17. The summed E-state index contributed by atoms with van der Waals surface area (Å²) in [6.45, 7) is -0.154. The monoisotopic (exact) mass is 223 g/mol. The first-order valence-electron chi connectivity index (χ1n) is 5.98. The molecule has 4 atom stereocenters. The Labute approximate surface area is 94.0 Å². The topological polar surface area (TPSA) is 85.2 Å². The lowest BCUT2D eigenvalue weighted by Crippen LogP contribution is -2.15. The van der Waals surface area contributed by atoms with Crippen LogP contribution in [-0.2, 0) is 0 Å². The second-order valence-corrected chi connectivity index (χ2v) is 5.06. The van der Waals surface area contributed by atoms with Crippen molar-refractivity contribution in [2.24, 2.45) is 17.6 Å². The quantitative estimate of drug-likeness (QED) is 0.797. The lowest BCUT2D eigenvalue weighted by Gasteiger charge is -2.17. The molecule has 0 amide bonds. The highest BCUT2D eigenvalue weighted by Gasteiger charge is 2.42. The molecule has 2 fully saturated rings. The fourth-order valence-corrected chi connectivity index (χ4v) is 3.19. The van der Waals surface area contributed by atoms with E-state index in [0.717, 1.165) is 17.7 Å². The Kier molecular flexibility index (Phi) is 2.44. The van der Waals surface area contributed by atoms with E-state index in [9.17, 15) is 0 Å². The lowest BCUT2D eigenvalue weighted by molar-refractivity contribution is 0.236. The molecule has 0 spiro atoms. The number of hydrogen-bond donors (Lipinski definition) is 2. The highest BCUT2D eigenvalue weighted by molar-refractivity contribution is 5.07. The summed E-state index contributed by atoms with van der Waals surface area (Å²) in [6, 6.07) is -0.542. The lowest BCUT2D eigenvalue weighted by atomic mass is 9.88. The van der Waals surface area contributed by atoms with Crippen LogP contribution in [0.5, 0.6) is 0 Å². The maximum Gasteiger partial charge on any atom is 0.245 e. The number of nitrogens with zero attached hydrogens (tertiary/aromatic N) is 2. The van der Waals surface area contributed by atoms with Crippen molar-refractivity contribution >= 4 is 0 Å². The van der Waals surface area contributed by atoms with Gasteiger partial charge in [0.05, 0.1) is 6.61 Å². The maximum absolute atomic E-state index is 8.92. The summed E-state index contributed by atoms with van der Waals surface area (Å²) in [7, 11) is 0. The van der Waals surface area contributed by atoms with Crippen LogP contribution in [0.1, 0.15) is 49.4 Å². The molecule has 3 N–H and O–H groups in total. The smallest absolute Gasteiger partial charge is 0.245 e. The van der Waals surface area contributed by atoms with Gasteiger partial charge in [-0.05, 0) is 31.1 Å². The fourth-order valence-electron chi connectivity index (χ4n) is 3.19. The van der Waals surface area contributed by atoms with Crippen molar-refractivity contribution in [3.05, 3.63) is 11.7 Å². The molecule has 5 nitrogen and oxygen atoms in total. The Morgan fingerprint density at radius 1 is 1.44 bits per heavy atom. The molecule has 2 aliphatic rings. The summed E-state index contributed by atoms with van der Waals surface area (Å²) < 4.78 is 5.09. The molecule has 3 rings (SSSR count). The minimum absolute atomic E-state index is 0.154. The van der Waals surface area contributed by atoms with Crippen LogP contribution in [0, 0.1) is 11.8 Å². The minimum Gasteiger partial charge on any atom is -0.394 e. The molecule has 0 aliphatic heterocycles. The van der Waals surface area contributed by atoms with Crippen LogP contribution in [0.15, 0.2) is 4.52 Å². The predicted octanol–water partition coefficient (Wildman–Crippen LogP) is 0.965. The van der Waals surface area contributed by atoms with Gasteiger partial charge in [-0.3, -0.25) is 0 Å². The third-order valence-electron chi connectivity index (χ3n) is 4.04. The number of aliphatic hydroxyl groups excluding tert-OH is 1. The first-order chi connectivity index (χ1) is 7.78. The maximum atomic E-state index is 8.92. The van der Waals surface area contributed by atoms with E-state index in [0.29, 0.717) is 11.8 Å². The van der Waals surface area contributed by atoms with E-state index in [2.05, 4.69) is 10.1 Å². The molecule has 0 saturated heterocycles. The second-order valence-electron chi connectivity index (χ2n) is 5.06. The first-order valence-corrected chi connectivity index (χ1v) is 5.98. The van der Waals surface area contributed by atoms with Gasteiger partial charge < -0.3 is 15.4 Å². The van der Waals surface area contributed by atoms with Crippen molar-refractivity contribution in [3.63, 3.8) is 0 Å². The standard InChI is InChI=1S/C11H17N3O2/c12-9(5-15)11-13-10(14-16-11)8-4-6-1-2-7(8)3-6/h6-9,15H,1-5,12H2/t6?,7?,8?,9-/m0/s1. The van der Waals surface area contributed by atoms with Crippen molar-refractivity contribution in [1.82, 2.24) is 10.1 Å². The SMILES string of the molecule is N[C@@H](CO)c1nc(C2CC3CCC2C3)no1. The van der Waals surface area contributed by atoms with Gasteiger partial charge in [-0.1, -0.05) is 11.6 Å². The molecule has 0 aromatic carbocycles. The molecule has 1 heterocycles. The average molecular weight is 223 g/mol. The molecule has 0 radical (unpaired) electrons. The fraction of sp³-hybridized carbons (Fsp3) is 0.818. The van der Waals surface area contributed by atoms with Crippen molar-refractivity contribution in [1.29, 1.82) is 0 Å². The van der Waals surface area contributed by atoms with Gasteiger partial charge in [0.1, 0.15) is 6.04 Å². The van der Waals surface area contributed by atoms with E-state index in [-0.39, 0.29) is 6.61 Å². The summed E-state index contributed by atoms with van der Waals surface area (Å²) in [5, 5.41) is 12.9. The van der Waals surface area contributed by atoms with E-state index in [1.165, 1.54) is 25.7 Å². The van der Waals surface area contributed by atoms with Gasteiger partial charge in [-0.25, -0.2) is 0 Å². The molecule has 88 valence electrons. The Bertz CT molecular complexity index is 379. The molecular formula is C11H17N3O2. The predicted molar refractivity (Wildman–Crippen MR) is 56.5 cm³/mol. The molecule has 16 heavy (non-hydrogen) atoms. The van der Waals surface area contributed by atoms with E-state index in [1.54, 1.807) is 0 Å². The molecule has 2 bridgehead atoms. The summed E-state index contributed by atoms with van der Waals surface area (Å²) >= 11 is 0. The van der Waals surface area contributed by atoms with Crippen LogP contribution < -0.4 is 5.73 Å². The Balaban J connectivity index is 1.77. The normalized spacial score (nSPS) is 34.5. The Hall–Kier alpha value is -0.940. The van der Waals surface area contributed by atoms with Gasteiger partial charge in [0.2, 0.25) is 5.89 Å². The van der Waals surface area contributed by atoms with Gasteiger partial charge in [0.25, 0.3) is 0 Å². The van der Waals surface area contributed by atoms with Gasteiger partial charge in [0, 0.05) is 5.92 Å². The summed E-state index contributed by atoms with van der Waals surface area (Å²) in [4.78, 5) is 4.32. The van der Waals surface area contributed by atoms with Crippen molar-refractivity contribution in [2.45, 2.75) is 37.6 Å². The van der Waals surface area contributed by atoms with Crippen LogP contribution in [-0.4, -0.2) is 21.9 Å². The number of rotatable bonds is 3. The van der Waals surface area contributed by atoms with E-state index in [1.807, 2.05) is 0 Å². The molecule has 3 unspecified atom stereocenters. The molecule has 1 aromatic heterocycles. The molecule has 5 heteroatoms. The van der Waals surface area contributed by atoms with Gasteiger partial charge in [-0.15, -0.1) is 0 Å². The van der Waals surface area contributed by atoms with Gasteiger partial charge in [-0.2, -0.15) is 4.98 Å². The van der Waals surface area contributed by atoms with Crippen LogP contribution in [0.25, 0.3) is 0 Å². The van der Waals surface area contributed by atoms with E-state index < -0.39 is 6.04 Å². The molecule has 2 saturated carbocycles. The summed E-state index contributed by atoms with van der Waals surface area (Å²) in [6.07, 6.45) is 5.17. The van der Waals surface area contributed by atoms with Crippen LogP contribution in [0.2, 0.25) is 0 Å². The van der Waals surface area contributed by atoms with E-state index >= 15 is 0 Å². The third-order valence-corrected chi connectivity index (χ3v) is 4.04. The first kappa shape index (κ1) is 10.2. The molecule has 1 aromatic rings. The van der Waals surface area contributed by atoms with E-state index in [4.69, 9.17) is 15.4 Å². The third kappa shape index (κ3) is 1.55. The van der Waals surface area contributed by atoms with Crippen molar-refractivity contribution in [2.75, 3.05) is 6.61 Å². The summed E-state index contributed by atoms with van der Waals surface area (Å²) in [5.41, 5.74) is 5.64. The minimum atomic E-state index is -0.542. The summed E-state index contributed by atoms with van der Waals surface area (Å²) in [5.74, 6) is 3.22. The number of nitrogens with two attached hydrogens (primary N) is 1. The number of aliphatic hydroxyl groups is 1. The van der Waals surface area contributed by atoms with Crippen LogP contribution in [0.4, 0.5) is 0 Å².